The second kappa shape index (κ2) is 8.31. The third-order valence-corrected chi connectivity index (χ3v) is 7.41. The zero-order valence-electron chi connectivity index (χ0n) is 15.2. The first-order valence-corrected chi connectivity index (χ1v) is 11.2. The summed E-state index contributed by atoms with van der Waals surface area (Å²) in [6, 6.07) is 15.9. The highest BCUT2D eigenvalue weighted by molar-refractivity contribution is 8.16. The number of thioether (sulfide) groups is 2. The molecule has 0 unspecified atom stereocenters. The lowest BCUT2D eigenvalue weighted by molar-refractivity contribution is 0.102. The number of amides is 1. The lowest BCUT2D eigenvalue weighted by Crippen LogP contribution is -2.12. The Morgan fingerprint density at radius 1 is 1.19 bits per heavy atom. The van der Waals surface area contributed by atoms with Crippen LogP contribution >= 0.6 is 23.5 Å². The van der Waals surface area contributed by atoms with Crippen LogP contribution in [0.2, 0.25) is 0 Å². The SMILES string of the molecule is CCOc1ccc2cc(C(=O)Nc3cccc(C4SCCCS4)c3)[nH]c2c1. The van der Waals surface area contributed by atoms with Gasteiger partial charge in [0.05, 0.1) is 11.2 Å². The van der Waals surface area contributed by atoms with Crippen molar-refractivity contribution in [3.05, 3.63) is 59.8 Å². The third kappa shape index (κ3) is 4.28. The normalized spacial score (nSPS) is 15.0. The van der Waals surface area contributed by atoms with Gasteiger partial charge in [0.25, 0.3) is 5.91 Å². The molecule has 1 amide bonds. The standard InChI is InChI=1S/C21H22N2O2S2/c1-2-25-17-8-7-14-12-19(23-18(14)13-17)20(24)22-16-6-3-5-15(11-16)21-26-9-4-10-27-21/h3,5-8,11-13,21,23H,2,4,9-10H2,1H3,(H,22,24). The fourth-order valence-corrected chi connectivity index (χ4v) is 6.00. The Kier molecular flexibility index (Phi) is 5.64. The van der Waals surface area contributed by atoms with Gasteiger partial charge in [-0.25, -0.2) is 0 Å². The van der Waals surface area contributed by atoms with Crippen LogP contribution in [-0.4, -0.2) is 29.0 Å². The number of ether oxygens (including phenoxy) is 1. The fourth-order valence-electron chi connectivity index (χ4n) is 3.13. The largest absolute Gasteiger partial charge is 0.494 e. The van der Waals surface area contributed by atoms with Gasteiger partial charge in [0.1, 0.15) is 11.4 Å². The molecule has 6 heteroatoms. The van der Waals surface area contributed by atoms with E-state index in [1.54, 1.807) is 0 Å². The van der Waals surface area contributed by atoms with Gasteiger partial charge in [0, 0.05) is 22.7 Å². The van der Waals surface area contributed by atoms with Crippen molar-refractivity contribution in [1.29, 1.82) is 0 Å². The van der Waals surface area contributed by atoms with E-state index < -0.39 is 0 Å². The highest BCUT2D eigenvalue weighted by Crippen LogP contribution is 2.44. The predicted octanol–water partition coefficient (Wildman–Crippen LogP) is 5.69. The van der Waals surface area contributed by atoms with Gasteiger partial charge in [-0.1, -0.05) is 12.1 Å². The third-order valence-electron chi connectivity index (χ3n) is 4.39. The molecule has 0 atom stereocenters. The number of carbonyl (C=O) groups excluding carboxylic acids is 1. The minimum Gasteiger partial charge on any atom is -0.494 e. The van der Waals surface area contributed by atoms with Crippen LogP contribution in [0, 0.1) is 0 Å². The number of aromatic nitrogens is 1. The fraction of sp³-hybridized carbons (Fsp3) is 0.286. The van der Waals surface area contributed by atoms with E-state index in [1.165, 1.54) is 23.5 Å². The van der Waals surface area contributed by atoms with E-state index in [4.69, 9.17) is 4.74 Å². The minimum absolute atomic E-state index is 0.134. The molecule has 3 aromatic rings. The topological polar surface area (TPSA) is 54.1 Å². The molecule has 1 fully saturated rings. The summed E-state index contributed by atoms with van der Waals surface area (Å²) in [4.78, 5) is 15.9. The molecule has 1 aliphatic heterocycles. The smallest absolute Gasteiger partial charge is 0.272 e. The maximum atomic E-state index is 12.7. The van der Waals surface area contributed by atoms with Crippen LogP contribution in [0.3, 0.4) is 0 Å². The lowest BCUT2D eigenvalue weighted by Gasteiger charge is -2.21. The number of H-pyrrole nitrogens is 1. The Hall–Kier alpha value is -2.05. The summed E-state index contributed by atoms with van der Waals surface area (Å²) >= 11 is 3.96. The van der Waals surface area contributed by atoms with Crippen LogP contribution in [0.25, 0.3) is 10.9 Å². The molecular weight excluding hydrogens is 376 g/mol. The molecule has 1 saturated heterocycles. The van der Waals surface area contributed by atoms with Gasteiger partial charge in [0.2, 0.25) is 0 Å². The maximum absolute atomic E-state index is 12.7. The van der Waals surface area contributed by atoms with E-state index in [1.807, 2.05) is 66.8 Å². The molecule has 2 heterocycles. The Balaban J connectivity index is 1.51. The van der Waals surface area contributed by atoms with Gasteiger partial charge in [-0.2, -0.15) is 0 Å². The molecule has 140 valence electrons. The van der Waals surface area contributed by atoms with Crippen LogP contribution < -0.4 is 10.1 Å². The first-order chi connectivity index (χ1) is 13.2. The number of carbonyl (C=O) groups is 1. The Morgan fingerprint density at radius 2 is 2.04 bits per heavy atom. The van der Waals surface area contributed by atoms with Crippen molar-refractivity contribution in [3.8, 4) is 5.75 Å². The van der Waals surface area contributed by atoms with E-state index in [9.17, 15) is 4.79 Å². The molecule has 0 aliphatic carbocycles. The van der Waals surface area contributed by atoms with E-state index in [-0.39, 0.29) is 5.91 Å². The number of benzene rings is 2. The van der Waals surface area contributed by atoms with Crippen LogP contribution in [0.15, 0.2) is 48.5 Å². The van der Waals surface area contributed by atoms with Gasteiger partial charge in [-0.3, -0.25) is 4.79 Å². The van der Waals surface area contributed by atoms with E-state index in [0.29, 0.717) is 16.9 Å². The van der Waals surface area contributed by atoms with Crippen LogP contribution in [0.4, 0.5) is 5.69 Å². The van der Waals surface area contributed by atoms with Crippen molar-refractivity contribution in [2.45, 2.75) is 17.9 Å². The number of nitrogens with one attached hydrogen (secondary N) is 2. The van der Waals surface area contributed by atoms with Gasteiger partial charge in [-0.15, -0.1) is 23.5 Å². The van der Waals surface area contributed by atoms with Crippen molar-refractivity contribution in [3.63, 3.8) is 0 Å². The first-order valence-electron chi connectivity index (χ1n) is 9.13. The molecule has 0 spiro atoms. The number of fused-ring (bicyclic) bond motifs is 1. The second-order valence-corrected chi connectivity index (χ2v) is 9.10. The van der Waals surface area contributed by atoms with Gasteiger partial charge < -0.3 is 15.0 Å². The van der Waals surface area contributed by atoms with Crippen molar-refractivity contribution >= 4 is 46.0 Å². The van der Waals surface area contributed by atoms with Crippen molar-refractivity contribution in [2.24, 2.45) is 0 Å². The number of anilines is 1. The molecule has 2 aromatic carbocycles. The van der Waals surface area contributed by atoms with Gasteiger partial charge >= 0.3 is 0 Å². The molecule has 4 rings (SSSR count). The van der Waals surface area contributed by atoms with E-state index in [2.05, 4.69) is 22.4 Å². The molecule has 0 radical (unpaired) electrons. The highest BCUT2D eigenvalue weighted by Gasteiger charge is 2.17. The predicted molar refractivity (Wildman–Crippen MR) is 116 cm³/mol. The molecule has 4 nitrogen and oxygen atoms in total. The van der Waals surface area contributed by atoms with E-state index in [0.717, 1.165) is 22.3 Å². The zero-order valence-corrected chi connectivity index (χ0v) is 16.8. The summed E-state index contributed by atoms with van der Waals surface area (Å²) in [5, 5.41) is 4.01. The summed E-state index contributed by atoms with van der Waals surface area (Å²) < 4.78 is 5.98. The molecule has 2 N–H and O–H groups in total. The van der Waals surface area contributed by atoms with Crippen molar-refractivity contribution in [1.82, 2.24) is 4.98 Å². The molecule has 1 aliphatic rings. The van der Waals surface area contributed by atoms with Gasteiger partial charge in [0.15, 0.2) is 0 Å². The Bertz CT molecular complexity index is 948. The molecular formula is C21H22N2O2S2. The average molecular weight is 399 g/mol. The summed E-state index contributed by atoms with van der Waals surface area (Å²) in [5.41, 5.74) is 3.54. The number of hydrogen-bond donors (Lipinski definition) is 2. The number of aromatic amines is 1. The van der Waals surface area contributed by atoms with Crippen LogP contribution in [-0.2, 0) is 0 Å². The Morgan fingerprint density at radius 3 is 2.85 bits per heavy atom. The molecule has 1 aromatic heterocycles. The zero-order chi connectivity index (χ0) is 18.6. The lowest BCUT2D eigenvalue weighted by atomic mass is 10.2. The summed E-state index contributed by atoms with van der Waals surface area (Å²) in [6.07, 6.45) is 1.27. The van der Waals surface area contributed by atoms with Gasteiger partial charge in [-0.05, 0) is 60.7 Å². The maximum Gasteiger partial charge on any atom is 0.272 e. The second-order valence-electron chi connectivity index (χ2n) is 6.37. The van der Waals surface area contributed by atoms with Crippen molar-refractivity contribution in [2.75, 3.05) is 23.4 Å². The van der Waals surface area contributed by atoms with Crippen LogP contribution in [0.5, 0.6) is 5.75 Å². The summed E-state index contributed by atoms with van der Waals surface area (Å²) in [6.45, 7) is 2.57. The van der Waals surface area contributed by atoms with Crippen molar-refractivity contribution < 1.29 is 9.53 Å². The average Bonchev–Trinajstić information content (AvgIpc) is 3.13. The quantitative estimate of drug-likeness (QED) is 0.580. The highest BCUT2D eigenvalue weighted by atomic mass is 32.2. The van der Waals surface area contributed by atoms with Crippen LogP contribution in [0.1, 0.15) is 34.0 Å². The first kappa shape index (κ1) is 18.3. The molecule has 0 bridgehead atoms. The Labute approximate surface area is 167 Å². The minimum atomic E-state index is -0.134. The van der Waals surface area contributed by atoms with E-state index >= 15 is 0 Å². The monoisotopic (exact) mass is 398 g/mol. The number of hydrogen-bond acceptors (Lipinski definition) is 4. The molecule has 27 heavy (non-hydrogen) atoms. The number of rotatable bonds is 5. The molecule has 0 saturated carbocycles. The summed E-state index contributed by atoms with van der Waals surface area (Å²) in [7, 11) is 0. The summed E-state index contributed by atoms with van der Waals surface area (Å²) in [5.74, 6) is 3.07.